The molecule has 2 aliphatic rings. The summed E-state index contributed by atoms with van der Waals surface area (Å²) in [5, 5.41) is 3.58. The van der Waals surface area contributed by atoms with Gasteiger partial charge in [0.2, 0.25) is 0 Å². The average Bonchev–Trinajstić information content (AvgIpc) is 2.57. The molecular weight excluding hydrogens is 241 g/mol. The van der Waals surface area contributed by atoms with Gasteiger partial charge >= 0.3 is 6.18 Å². The summed E-state index contributed by atoms with van der Waals surface area (Å²) < 4.78 is 37.5. The number of hydrogen-bond donors (Lipinski definition) is 1. The Balaban J connectivity index is 1.98. The largest absolute Gasteiger partial charge is 0.390 e. The van der Waals surface area contributed by atoms with Crippen molar-refractivity contribution in [1.82, 2.24) is 10.2 Å². The summed E-state index contributed by atoms with van der Waals surface area (Å²) in [5.41, 5.74) is 0.0936. The zero-order chi connectivity index (χ0) is 13.2. The van der Waals surface area contributed by atoms with E-state index in [1.54, 1.807) is 6.92 Å². The van der Waals surface area contributed by atoms with Crippen LogP contribution in [0.25, 0.3) is 0 Å². The fourth-order valence-corrected chi connectivity index (χ4v) is 3.39. The molecule has 5 heteroatoms. The lowest BCUT2D eigenvalue weighted by molar-refractivity contribution is -0.146. The molecule has 2 nitrogen and oxygen atoms in total. The van der Waals surface area contributed by atoms with E-state index in [9.17, 15) is 13.2 Å². The third-order valence-electron chi connectivity index (χ3n) is 4.34. The molecule has 0 aromatic carbocycles. The van der Waals surface area contributed by atoms with E-state index >= 15 is 0 Å². The maximum absolute atomic E-state index is 12.5. The highest BCUT2D eigenvalue weighted by molar-refractivity contribution is 4.97. The zero-order valence-electron chi connectivity index (χ0n) is 11.0. The van der Waals surface area contributed by atoms with Gasteiger partial charge < -0.3 is 5.32 Å². The van der Waals surface area contributed by atoms with Gasteiger partial charge in [-0.1, -0.05) is 12.8 Å². The topological polar surface area (TPSA) is 15.3 Å². The molecule has 1 aliphatic heterocycles. The SMILES string of the molecule is CC(CC(F)(F)F)N1CCCNC2(CCCC2)C1. The molecule has 106 valence electrons. The monoisotopic (exact) mass is 264 g/mol. The van der Waals surface area contributed by atoms with Crippen molar-refractivity contribution in [3.05, 3.63) is 0 Å². The van der Waals surface area contributed by atoms with Crippen LogP contribution < -0.4 is 5.32 Å². The maximum Gasteiger partial charge on any atom is 0.390 e. The van der Waals surface area contributed by atoms with Crippen molar-refractivity contribution in [2.75, 3.05) is 19.6 Å². The smallest absolute Gasteiger partial charge is 0.310 e. The van der Waals surface area contributed by atoms with Crippen molar-refractivity contribution in [2.45, 2.75) is 63.2 Å². The second-order valence-corrected chi connectivity index (χ2v) is 5.91. The first-order chi connectivity index (χ1) is 8.40. The van der Waals surface area contributed by atoms with Gasteiger partial charge in [0.1, 0.15) is 0 Å². The number of nitrogens with zero attached hydrogens (tertiary/aromatic N) is 1. The van der Waals surface area contributed by atoms with Crippen LogP contribution in [0.2, 0.25) is 0 Å². The van der Waals surface area contributed by atoms with Gasteiger partial charge in [-0.3, -0.25) is 4.90 Å². The molecule has 1 spiro atoms. The normalized spacial score (nSPS) is 27.3. The zero-order valence-corrected chi connectivity index (χ0v) is 11.0. The van der Waals surface area contributed by atoms with Crippen LogP contribution in [0, 0.1) is 0 Å². The van der Waals surface area contributed by atoms with Gasteiger partial charge in [-0.2, -0.15) is 13.2 Å². The Bertz CT molecular complexity index is 272. The van der Waals surface area contributed by atoms with E-state index in [1.807, 2.05) is 4.90 Å². The lowest BCUT2D eigenvalue weighted by atomic mass is 9.96. The van der Waals surface area contributed by atoms with E-state index in [2.05, 4.69) is 5.32 Å². The molecule has 1 heterocycles. The lowest BCUT2D eigenvalue weighted by Crippen LogP contribution is -2.51. The molecule has 18 heavy (non-hydrogen) atoms. The second kappa shape index (κ2) is 5.37. The van der Waals surface area contributed by atoms with Crippen LogP contribution in [-0.4, -0.2) is 42.3 Å². The number of halogens is 3. The molecule has 1 aliphatic carbocycles. The van der Waals surface area contributed by atoms with Gasteiger partial charge in [-0.25, -0.2) is 0 Å². The van der Waals surface area contributed by atoms with E-state index in [0.717, 1.165) is 38.9 Å². The molecule has 0 aromatic rings. The van der Waals surface area contributed by atoms with Crippen LogP contribution >= 0.6 is 0 Å². The molecule has 1 unspecified atom stereocenters. The number of nitrogens with one attached hydrogen (secondary N) is 1. The second-order valence-electron chi connectivity index (χ2n) is 5.91. The molecule has 1 atom stereocenters. The van der Waals surface area contributed by atoms with Crippen LogP contribution in [0.15, 0.2) is 0 Å². The summed E-state index contributed by atoms with van der Waals surface area (Å²) >= 11 is 0. The molecule has 2 fully saturated rings. The summed E-state index contributed by atoms with van der Waals surface area (Å²) in [6.07, 6.45) is 0.836. The van der Waals surface area contributed by atoms with E-state index < -0.39 is 18.6 Å². The van der Waals surface area contributed by atoms with Crippen molar-refractivity contribution in [1.29, 1.82) is 0 Å². The molecule has 1 saturated carbocycles. The molecule has 0 bridgehead atoms. The fraction of sp³-hybridized carbons (Fsp3) is 1.00. The van der Waals surface area contributed by atoms with Gasteiger partial charge in [0.15, 0.2) is 0 Å². The van der Waals surface area contributed by atoms with Crippen molar-refractivity contribution >= 4 is 0 Å². The molecule has 0 radical (unpaired) electrons. The molecule has 0 amide bonds. The van der Waals surface area contributed by atoms with E-state index in [0.29, 0.717) is 0 Å². The summed E-state index contributed by atoms with van der Waals surface area (Å²) in [6, 6.07) is -0.401. The lowest BCUT2D eigenvalue weighted by Gasteiger charge is -2.36. The fourth-order valence-electron chi connectivity index (χ4n) is 3.39. The van der Waals surface area contributed by atoms with Gasteiger partial charge in [0.05, 0.1) is 6.42 Å². The van der Waals surface area contributed by atoms with Crippen LogP contribution in [0.5, 0.6) is 0 Å². The Morgan fingerprint density at radius 1 is 1.22 bits per heavy atom. The Morgan fingerprint density at radius 3 is 2.50 bits per heavy atom. The minimum atomic E-state index is -4.05. The Hall–Kier alpha value is -0.290. The van der Waals surface area contributed by atoms with Crippen LogP contribution in [-0.2, 0) is 0 Å². The molecule has 1 saturated heterocycles. The molecular formula is C13H23F3N2. The predicted octanol–water partition coefficient (Wildman–Crippen LogP) is 2.94. The molecule has 1 N–H and O–H groups in total. The number of hydrogen-bond acceptors (Lipinski definition) is 2. The van der Waals surface area contributed by atoms with Gasteiger partial charge in [-0.15, -0.1) is 0 Å². The highest BCUT2D eigenvalue weighted by Gasteiger charge is 2.39. The minimum Gasteiger partial charge on any atom is -0.310 e. The summed E-state index contributed by atoms with van der Waals surface area (Å²) in [6.45, 7) is 4.22. The van der Waals surface area contributed by atoms with E-state index in [-0.39, 0.29) is 5.54 Å². The van der Waals surface area contributed by atoms with Crippen LogP contribution in [0.3, 0.4) is 0 Å². The molecule has 2 rings (SSSR count). The quantitative estimate of drug-likeness (QED) is 0.825. The van der Waals surface area contributed by atoms with E-state index in [4.69, 9.17) is 0 Å². The maximum atomic E-state index is 12.5. The van der Waals surface area contributed by atoms with Crippen molar-refractivity contribution < 1.29 is 13.2 Å². The number of rotatable bonds is 2. The van der Waals surface area contributed by atoms with Crippen molar-refractivity contribution in [3.8, 4) is 0 Å². The summed E-state index contributed by atoms with van der Waals surface area (Å²) in [7, 11) is 0. The van der Waals surface area contributed by atoms with Gasteiger partial charge in [0, 0.05) is 18.1 Å². The first-order valence-corrected chi connectivity index (χ1v) is 6.96. The molecule has 0 aromatic heterocycles. The highest BCUT2D eigenvalue weighted by Crippen LogP contribution is 2.33. The third kappa shape index (κ3) is 3.60. The average molecular weight is 264 g/mol. The first-order valence-electron chi connectivity index (χ1n) is 6.96. The standard InChI is InChI=1S/C13H23F3N2/c1-11(9-13(14,15)16)18-8-4-7-17-12(10-18)5-2-3-6-12/h11,17H,2-10H2,1H3. The predicted molar refractivity (Wildman–Crippen MR) is 65.5 cm³/mol. The van der Waals surface area contributed by atoms with Crippen LogP contribution in [0.4, 0.5) is 13.2 Å². The third-order valence-corrected chi connectivity index (χ3v) is 4.34. The van der Waals surface area contributed by atoms with Gasteiger partial charge in [-0.05, 0) is 39.3 Å². The van der Waals surface area contributed by atoms with Crippen molar-refractivity contribution in [2.24, 2.45) is 0 Å². The first kappa shape index (κ1) is 14.1. The van der Waals surface area contributed by atoms with Crippen molar-refractivity contribution in [3.63, 3.8) is 0 Å². The highest BCUT2D eigenvalue weighted by atomic mass is 19.4. The number of alkyl halides is 3. The summed E-state index contributed by atoms with van der Waals surface area (Å²) in [5.74, 6) is 0. The van der Waals surface area contributed by atoms with E-state index in [1.165, 1.54) is 12.8 Å². The Morgan fingerprint density at radius 2 is 1.89 bits per heavy atom. The minimum absolute atomic E-state index is 0.0936. The summed E-state index contributed by atoms with van der Waals surface area (Å²) in [4.78, 5) is 2.04. The van der Waals surface area contributed by atoms with Gasteiger partial charge in [0.25, 0.3) is 0 Å². The van der Waals surface area contributed by atoms with Crippen LogP contribution in [0.1, 0.15) is 45.4 Å². The Kier molecular flexibility index (Phi) is 4.22. The Labute approximate surface area is 107 Å².